The van der Waals surface area contributed by atoms with E-state index in [0.717, 1.165) is 6.07 Å². The molecule has 0 aromatic heterocycles. The normalized spacial score (nSPS) is 10.2. The number of amides is 3. The summed E-state index contributed by atoms with van der Waals surface area (Å²) in [6, 6.07) is 11.7. The first kappa shape index (κ1) is 21.4. The lowest BCUT2D eigenvalue weighted by molar-refractivity contribution is -0.383. The zero-order valence-electron chi connectivity index (χ0n) is 15.8. The fourth-order valence-electron chi connectivity index (χ4n) is 2.27. The molecule has 0 fully saturated rings. The molecule has 0 radical (unpaired) electrons. The molecule has 0 bridgehead atoms. The van der Waals surface area contributed by atoms with Crippen LogP contribution in [0.1, 0.15) is 24.2 Å². The highest BCUT2D eigenvalue weighted by Crippen LogP contribution is 2.28. The molecular weight excluding hydrogens is 380 g/mol. The second-order valence-corrected chi connectivity index (χ2v) is 6.23. The Morgan fingerprint density at radius 1 is 1.10 bits per heavy atom. The molecule has 0 spiro atoms. The third kappa shape index (κ3) is 6.61. The van der Waals surface area contributed by atoms with Gasteiger partial charge in [0, 0.05) is 17.8 Å². The lowest BCUT2D eigenvalue weighted by atomic mass is 10.1. The Hall–Kier alpha value is -3.95. The maximum Gasteiger partial charge on any atom is 0.338 e. The summed E-state index contributed by atoms with van der Waals surface area (Å²) in [5, 5.41) is 18.7. The topological polar surface area (TPSA) is 140 Å². The van der Waals surface area contributed by atoms with E-state index in [9.17, 15) is 24.5 Å². The first-order valence-electron chi connectivity index (χ1n) is 8.64. The summed E-state index contributed by atoms with van der Waals surface area (Å²) in [5.41, 5.74) is 0.405. The van der Waals surface area contributed by atoms with Crippen LogP contribution >= 0.6 is 0 Å². The molecule has 0 unspecified atom stereocenters. The molecule has 2 rings (SSSR count). The number of nitrogens with zero attached hydrogens (tertiary/aromatic N) is 1. The molecule has 0 atom stereocenters. The lowest BCUT2D eigenvalue weighted by Crippen LogP contribution is -2.44. The highest BCUT2D eigenvalue weighted by atomic mass is 16.6. The molecule has 0 heterocycles. The fraction of sp³-hybridized carbons (Fsp3) is 0.211. The van der Waals surface area contributed by atoms with Gasteiger partial charge in [-0.05, 0) is 38.1 Å². The van der Waals surface area contributed by atoms with Crippen molar-refractivity contribution in [3.63, 3.8) is 0 Å². The van der Waals surface area contributed by atoms with Gasteiger partial charge in [-0.2, -0.15) is 0 Å². The highest BCUT2D eigenvalue weighted by Gasteiger charge is 2.19. The molecule has 0 saturated heterocycles. The molecule has 0 saturated carbocycles. The number of imide groups is 1. The van der Waals surface area contributed by atoms with E-state index in [1.165, 1.54) is 12.1 Å². The Bertz CT molecular complexity index is 914. The number of nitro groups is 1. The monoisotopic (exact) mass is 400 g/mol. The number of ether oxygens (including phenoxy) is 1. The minimum absolute atomic E-state index is 0.102. The molecule has 3 N–H and O–H groups in total. The number of para-hydroxylation sites is 1. The summed E-state index contributed by atoms with van der Waals surface area (Å²) in [7, 11) is 0. The third-order valence-corrected chi connectivity index (χ3v) is 3.49. The van der Waals surface area contributed by atoms with Crippen LogP contribution in [0.2, 0.25) is 0 Å². The standard InChI is InChI=1S/C19H20N4O6/c1-12(2)20-19(26)22-17(24)11-29-18(25)13-8-9-15(16(10-13)23(27)28)21-14-6-4-3-5-7-14/h3-10,12,21H,11H2,1-2H3,(H2,20,22,24,26). The van der Waals surface area contributed by atoms with Gasteiger partial charge in [-0.25, -0.2) is 9.59 Å². The average Bonchev–Trinajstić information content (AvgIpc) is 2.66. The molecule has 152 valence electrons. The van der Waals surface area contributed by atoms with Crippen molar-refractivity contribution in [1.82, 2.24) is 10.6 Å². The van der Waals surface area contributed by atoms with Gasteiger partial charge in [0.2, 0.25) is 0 Å². The van der Waals surface area contributed by atoms with Gasteiger partial charge in [-0.3, -0.25) is 20.2 Å². The number of nitro benzene ring substituents is 1. The van der Waals surface area contributed by atoms with Crippen LogP contribution in [0.4, 0.5) is 21.9 Å². The number of rotatable bonds is 7. The number of benzene rings is 2. The van der Waals surface area contributed by atoms with Crippen molar-refractivity contribution >= 4 is 35.0 Å². The third-order valence-electron chi connectivity index (χ3n) is 3.49. The summed E-state index contributed by atoms with van der Waals surface area (Å²) in [6.07, 6.45) is 0. The van der Waals surface area contributed by atoms with E-state index in [-0.39, 0.29) is 23.0 Å². The van der Waals surface area contributed by atoms with Gasteiger partial charge >= 0.3 is 12.0 Å². The van der Waals surface area contributed by atoms with Crippen LogP contribution in [0.5, 0.6) is 0 Å². The Morgan fingerprint density at radius 3 is 2.41 bits per heavy atom. The summed E-state index contributed by atoms with van der Waals surface area (Å²) in [5.74, 6) is -1.76. The smallest absolute Gasteiger partial charge is 0.338 e. The summed E-state index contributed by atoms with van der Waals surface area (Å²) in [4.78, 5) is 45.9. The molecule has 0 aliphatic carbocycles. The predicted octanol–water partition coefficient (Wildman–Crippen LogP) is 2.73. The van der Waals surface area contributed by atoms with Crippen molar-refractivity contribution in [1.29, 1.82) is 0 Å². The van der Waals surface area contributed by atoms with Crippen molar-refractivity contribution in [2.75, 3.05) is 11.9 Å². The number of hydrogen-bond donors (Lipinski definition) is 3. The molecule has 0 aliphatic heterocycles. The maximum atomic E-state index is 12.1. The van der Waals surface area contributed by atoms with Gasteiger partial charge < -0.3 is 15.4 Å². The summed E-state index contributed by atoms with van der Waals surface area (Å²) < 4.78 is 4.81. The average molecular weight is 400 g/mol. The van der Waals surface area contributed by atoms with Gasteiger partial charge in [0.1, 0.15) is 5.69 Å². The molecule has 3 amide bonds. The summed E-state index contributed by atoms with van der Waals surface area (Å²) in [6.45, 7) is 2.72. The first-order valence-corrected chi connectivity index (χ1v) is 8.64. The number of nitrogens with one attached hydrogen (secondary N) is 3. The van der Waals surface area contributed by atoms with E-state index in [4.69, 9.17) is 4.74 Å². The van der Waals surface area contributed by atoms with E-state index in [0.29, 0.717) is 5.69 Å². The van der Waals surface area contributed by atoms with Crippen LogP contribution in [-0.2, 0) is 9.53 Å². The van der Waals surface area contributed by atoms with Crippen LogP contribution < -0.4 is 16.0 Å². The number of hydrogen-bond acceptors (Lipinski definition) is 7. The Balaban J connectivity index is 2.03. The van der Waals surface area contributed by atoms with E-state index in [1.54, 1.807) is 44.2 Å². The van der Waals surface area contributed by atoms with Gasteiger partial charge in [0.05, 0.1) is 10.5 Å². The lowest BCUT2D eigenvalue weighted by Gasteiger charge is -2.10. The van der Waals surface area contributed by atoms with Gasteiger partial charge in [-0.1, -0.05) is 18.2 Å². The van der Waals surface area contributed by atoms with Crippen molar-refractivity contribution in [3.8, 4) is 0 Å². The number of esters is 1. The van der Waals surface area contributed by atoms with Crippen molar-refractivity contribution < 1.29 is 24.0 Å². The van der Waals surface area contributed by atoms with Crippen molar-refractivity contribution in [2.45, 2.75) is 19.9 Å². The summed E-state index contributed by atoms with van der Waals surface area (Å²) >= 11 is 0. The first-order chi connectivity index (χ1) is 13.8. The molecule has 10 nitrogen and oxygen atoms in total. The molecule has 2 aromatic carbocycles. The van der Waals surface area contributed by atoms with Crippen LogP contribution in [0.25, 0.3) is 0 Å². The minimum Gasteiger partial charge on any atom is -0.452 e. The Morgan fingerprint density at radius 2 is 1.79 bits per heavy atom. The zero-order valence-corrected chi connectivity index (χ0v) is 15.8. The number of anilines is 2. The van der Waals surface area contributed by atoms with Crippen LogP contribution in [0, 0.1) is 10.1 Å². The van der Waals surface area contributed by atoms with E-state index in [1.807, 2.05) is 5.32 Å². The minimum atomic E-state index is -0.932. The largest absolute Gasteiger partial charge is 0.452 e. The van der Waals surface area contributed by atoms with E-state index >= 15 is 0 Å². The predicted molar refractivity (Wildman–Crippen MR) is 105 cm³/mol. The van der Waals surface area contributed by atoms with E-state index in [2.05, 4.69) is 10.6 Å². The number of carbonyl (C=O) groups is 3. The molecule has 10 heteroatoms. The van der Waals surface area contributed by atoms with Gasteiger partial charge in [-0.15, -0.1) is 0 Å². The second-order valence-electron chi connectivity index (χ2n) is 6.23. The van der Waals surface area contributed by atoms with E-state index < -0.39 is 29.4 Å². The van der Waals surface area contributed by atoms with Crippen molar-refractivity contribution in [2.24, 2.45) is 0 Å². The van der Waals surface area contributed by atoms with Gasteiger partial charge in [0.25, 0.3) is 11.6 Å². The van der Waals surface area contributed by atoms with Crippen LogP contribution in [-0.4, -0.2) is 35.5 Å². The quantitative estimate of drug-likeness (QED) is 0.369. The van der Waals surface area contributed by atoms with Crippen LogP contribution in [0.3, 0.4) is 0 Å². The second kappa shape index (κ2) is 9.83. The Kier molecular flexibility index (Phi) is 7.24. The fourth-order valence-corrected chi connectivity index (χ4v) is 2.27. The molecule has 29 heavy (non-hydrogen) atoms. The SMILES string of the molecule is CC(C)NC(=O)NC(=O)COC(=O)c1ccc(Nc2ccccc2)c([N+](=O)[O-])c1. The highest BCUT2D eigenvalue weighted by molar-refractivity contribution is 5.97. The molecule has 2 aromatic rings. The molecular formula is C19H20N4O6. The molecule has 0 aliphatic rings. The number of carbonyl (C=O) groups excluding carboxylic acids is 3. The van der Waals surface area contributed by atoms with Crippen LogP contribution in [0.15, 0.2) is 48.5 Å². The zero-order chi connectivity index (χ0) is 21.4. The van der Waals surface area contributed by atoms with Crippen molar-refractivity contribution in [3.05, 3.63) is 64.2 Å². The maximum absolute atomic E-state index is 12.1. The Labute approximate surface area is 166 Å². The number of urea groups is 1. The van der Waals surface area contributed by atoms with Gasteiger partial charge in [0.15, 0.2) is 6.61 Å².